The van der Waals surface area contributed by atoms with E-state index < -0.39 is 4.84 Å². The number of para-hydroxylation sites is 1. The molecule has 2 aromatic heterocycles. The Hall–Kier alpha value is -1.93. The van der Waals surface area contributed by atoms with Gasteiger partial charge in [-0.3, -0.25) is 4.79 Å². The Morgan fingerprint density at radius 3 is 2.63 bits per heavy atom. The number of ketones is 1. The molecule has 1 aliphatic rings. The maximum atomic E-state index is 13.0. The van der Waals surface area contributed by atoms with Gasteiger partial charge in [0.05, 0.1) is 29.2 Å². The first-order valence-electron chi connectivity index (χ1n) is 8.29. The minimum Gasteiger partial charge on any atom is -0.507 e. The third-order valence-corrected chi connectivity index (χ3v) is 5.75. The summed E-state index contributed by atoms with van der Waals surface area (Å²) < 4.78 is 6.13. The molecule has 1 aromatic carbocycles. The quantitative estimate of drug-likeness (QED) is 0.505. The summed E-state index contributed by atoms with van der Waals surface area (Å²) in [5, 5.41) is 10.8. The van der Waals surface area contributed by atoms with Gasteiger partial charge in [0, 0.05) is 18.7 Å². The highest BCUT2D eigenvalue weighted by molar-refractivity contribution is 7.22. The molecule has 6 nitrogen and oxygen atoms in total. The summed E-state index contributed by atoms with van der Waals surface area (Å²) in [5.74, 6) is -0.488. The number of aromatic nitrogens is 2. The first kappa shape index (κ1) is 18.4. The van der Waals surface area contributed by atoms with E-state index in [0.29, 0.717) is 18.9 Å². The Bertz CT molecular complexity index is 1000. The molecule has 3 heterocycles. The number of nitrogens with zero attached hydrogens (tertiary/aromatic N) is 3. The maximum absolute atomic E-state index is 13.0. The molecule has 0 saturated carbocycles. The number of hydrogen-bond donors (Lipinski definition) is 1. The third-order valence-electron chi connectivity index (χ3n) is 4.28. The van der Waals surface area contributed by atoms with Crippen molar-refractivity contribution in [3.63, 3.8) is 0 Å². The van der Waals surface area contributed by atoms with Crippen LogP contribution in [0.15, 0.2) is 30.3 Å². The second-order valence-corrected chi connectivity index (χ2v) is 8.09. The number of carbonyl (C=O) groups excluding carboxylic acids is 1. The summed E-state index contributed by atoms with van der Waals surface area (Å²) >= 11 is 13.6. The van der Waals surface area contributed by atoms with Gasteiger partial charge in [-0.05, 0) is 18.2 Å². The van der Waals surface area contributed by atoms with E-state index in [0.717, 1.165) is 22.9 Å². The molecule has 0 bridgehead atoms. The van der Waals surface area contributed by atoms with E-state index in [1.165, 1.54) is 17.4 Å². The molecule has 0 aliphatic carbocycles. The summed E-state index contributed by atoms with van der Waals surface area (Å²) in [6, 6.07) is 8.04. The van der Waals surface area contributed by atoms with Crippen LogP contribution in [0.4, 0.5) is 5.13 Å². The van der Waals surface area contributed by atoms with Gasteiger partial charge >= 0.3 is 0 Å². The number of halogens is 2. The zero-order valence-corrected chi connectivity index (χ0v) is 16.4. The van der Waals surface area contributed by atoms with E-state index in [1.807, 2.05) is 0 Å². The van der Waals surface area contributed by atoms with E-state index in [2.05, 4.69) is 14.9 Å². The summed E-state index contributed by atoms with van der Waals surface area (Å²) in [6.45, 7) is 2.81. The van der Waals surface area contributed by atoms with Crippen LogP contribution in [0.25, 0.3) is 10.3 Å². The normalized spacial score (nSPS) is 14.9. The molecular formula is C18H15Cl2N3O3S. The van der Waals surface area contributed by atoms with Crippen LogP contribution >= 0.6 is 34.5 Å². The van der Waals surface area contributed by atoms with Gasteiger partial charge in [-0.1, -0.05) is 46.7 Å². The summed E-state index contributed by atoms with van der Waals surface area (Å²) in [4.78, 5) is 23.1. The fourth-order valence-electron chi connectivity index (χ4n) is 2.91. The molecule has 1 fully saturated rings. The second kappa shape index (κ2) is 7.59. The highest BCUT2D eigenvalue weighted by Crippen LogP contribution is 2.35. The lowest BCUT2D eigenvalue weighted by Gasteiger charge is -2.25. The average molecular weight is 424 g/mol. The van der Waals surface area contributed by atoms with Crippen LogP contribution < -0.4 is 4.90 Å². The predicted octanol–water partition coefficient (Wildman–Crippen LogP) is 3.94. The van der Waals surface area contributed by atoms with E-state index in [4.69, 9.17) is 27.9 Å². The molecule has 9 heteroatoms. The van der Waals surface area contributed by atoms with Gasteiger partial charge in [0.2, 0.25) is 0 Å². The van der Waals surface area contributed by atoms with Crippen LogP contribution in [0.2, 0.25) is 0 Å². The molecule has 4 rings (SSSR count). The smallest absolute Gasteiger partial charge is 0.198 e. The number of phenols is 1. The molecular weight excluding hydrogens is 409 g/mol. The first-order valence-corrected chi connectivity index (χ1v) is 9.98. The number of anilines is 1. The fraction of sp³-hybridized carbons (Fsp3) is 0.278. The number of thiazole rings is 1. The number of aromatic hydroxyl groups is 1. The lowest BCUT2D eigenvalue weighted by atomic mass is 10.0. The number of morpholine rings is 1. The predicted molar refractivity (Wildman–Crippen MR) is 106 cm³/mol. The Morgan fingerprint density at radius 1 is 1.19 bits per heavy atom. The number of pyridine rings is 1. The monoisotopic (exact) mass is 423 g/mol. The number of benzene rings is 1. The number of carbonyl (C=O) groups is 1. The van der Waals surface area contributed by atoms with Crippen molar-refractivity contribution in [3.05, 3.63) is 47.2 Å². The Kier molecular flexibility index (Phi) is 5.19. The maximum Gasteiger partial charge on any atom is 0.198 e. The number of alkyl halides is 2. The highest BCUT2D eigenvalue weighted by atomic mass is 35.5. The van der Waals surface area contributed by atoms with Gasteiger partial charge in [0.1, 0.15) is 10.6 Å². The van der Waals surface area contributed by atoms with Crippen molar-refractivity contribution in [2.24, 2.45) is 0 Å². The number of phenolic OH excluding ortho intramolecular Hbond substituents is 1. The van der Waals surface area contributed by atoms with Crippen LogP contribution in [-0.2, 0) is 4.74 Å². The molecule has 1 aliphatic heterocycles. The fourth-order valence-corrected chi connectivity index (χ4v) is 4.25. The molecule has 0 radical (unpaired) electrons. The van der Waals surface area contributed by atoms with Crippen LogP contribution in [0, 0.1) is 0 Å². The SMILES string of the molecule is O=C(c1ccccc1O)c1cc2sc(N3CCOCC3)nc2nc1C(Cl)Cl. The average Bonchev–Trinajstić information content (AvgIpc) is 3.10. The van der Waals surface area contributed by atoms with Crippen molar-refractivity contribution in [1.29, 1.82) is 0 Å². The van der Waals surface area contributed by atoms with E-state index in [1.54, 1.807) is 24.3 Å². The zero-order valence-electron chi connectivity index (χ0n) is 14.1. The second-order valence-electron chi connectivity index (χ2n) is 5.99. The summed E-state index contributed by atoms with van der Waals surface area (Å²) in [6.07, 6.45) is 0. The summed E-state index contributed by atoms with van der Waals surface area (Å²) in [7, 11) is 0. The number of rotatable bonds is 4. The Labute approximate surface area is 169 Å². The van der Waals surface area contributed by atoms with E-state index in [-0.39, 0.29) is 28.4 Å². The Balaban J connectivity index is 1.80. The number of ether oxygens (including phenoxy) is 1. The highest BCUT2D eigenvalue weighted by Gasteiger charge is 2.24. The van der Waals surface area contributed by atoms with Crippen LogP contribution in [-0.4, -0.2) is 47.2 Å². The molecule has 0 unspecified atom stereocenters. The molecule has 0 amide bonds. The molecule has 3 aromatic rings. The molecule has 1 N–H and O–H groups in total. The van der Waals surface area contributed by atoms with E-state index in [9.17, 15) is 9.90 Å². The molecule has 1 saturated heterocycles. The van der Waals surface area contributed by atoms with Gasteiger partial charge in [0.15, 0.2) is 16.6 Å². The topological polar surface area (TPSA) is 75.5 Å². The number of fused-ring (bicyclic) bond motifs is 1. The molecule has 140 valence electrons. The van der Waals surface area contributed by atoms with Crippen molar-refractivity contribution in [1.82, 2.24) is 9.97 Å². The summed E-state index contributed by atoms with van der Waals surface area (Å²) in [5.41, 5.74) is 1.16. The Morgan fingerprint density at radius 2 is 1.93 bits per heavy atom. The van der Waals surface area contributed by atoms with Gasteiger partial charge in [-0.15, -0.1) is 0 Å². The van der Waals surface area contributed by atoms with Crippen molar-refractivity contribution in [2.75, 3.05) is 31.2 Å². The molecule has 27 heavy (non-hydrogen) atoms. The standard InChI is InChI=1S/C18H15Cl2N3O3S/c19-16(20)14-11(15(25)10-3-1-2-4-12(10)24)9-13-17(21-14)22-18(27-13)23-5-7-26-8-6-23/h1-4,9,16,24H,5-8H2. The number of hydrogen-bond acceptors (Lipinski definition) is 7. The van der Waals surface area contributed by atoms with Crippen molar-refractivity contribution in [3.8, 4) is 5.75 Å². The molecule has 0 spiro atoms. The minimum absolute atomic E-state index is 0.104. The van der Waals surface area contributed by atoms with Crippen LogP contribution in [0.5, 0.6) is 5.75 Å². The zero-order chi connectivity index (χ0) is 19.0. The molecule has 0 atom stereocenters. The van der Waals surface area contributed by atoms with E-state index >= 15 is 0 Å². The van der Waals surface area contributed by atoms with Gasteiger partial charge < -0.3 is 14.7 Å². The lowest BCUT2D eigenvalue weighted by Crippen LogP contribution is -2.36. The van der Waals surface area contributed by atoms with Gasteiger partial charge in [-0.25, -0.2) is 4.98 Å². The van der Waals surface area contributed by atoms with Crippen LogP contribution in [0.3, 0.4) is 0 Å². The first-order chi connectivity index (χ1) is 13.0. The third kappa shape index (κ3) is 3.60. The van der Waals surface area contributed by atoms with Crippen molar-refractivity contribution >= 4 is 55.8 Å². The minimum atomic E-state index is -0.993. The van der Waals surface area contributed by atoms with Crippen molar-refractivity contribution in [2.45, 2.75) is 4.84 Å². The largest absolute Gasteiger partial charge is 0.507 e. The van der Waals surface area contributed by atoms with Crippen LogP contribution in [0.1, 0.15) is 26.5 Å². The van der Waals surface area contributed by atoms with Gasteiger partial charge in [-0.2, -0.15) is 4.98 Å². The van der Waals surface area contributed by atoms with Crippen molar-refractivity contribution < 1.29 is 14.6 Å². The van der Waals surface area contributed by atoms with Gasteiger partial charge in [0.25, 0.3) is 0 Å². The lowest BCUT2D eigenvalue weighted by molar-refractivity contribution is 0.103.